The van der Waals surface area contributed by atoms with Crippen molar-refractivity contribution in [2.24, 2.45) is 0 Å². The largest absolute Gasteiger partial charge is 0.442 e. The van der Waals surface area contributed by atoms with Gasteiger partial charge in [0.25, 0.3) is 16.0 Å². The van der Waals surface area contributed by atoms with Gasteiger partial charge in [-0.15, -0.1) is 4.28 Å². The Bertz CT molecular complexity index is 1110. The lowest BCUT2D eigenvalue weighted by atomic mass is 9.78. The summed E-state index contributed by atoms with van der Waals surface area (Å²) in [5, 5.41) is 3.72. The molecule has 1 fully saturated rings. The molecule has 0 saturated carbocycles. The van der Waals surface area contributed by atoms with Gasteiger partial charge < -0.3 is 15.0 Å². The first-order valence-electron chi connectivity index (χ1n) is 11.6. The van der Waals surface area contributed by atoms with Crippen LogP contribution in [-0.4, -0.2) is 83.9 Å². The van der Waals surface area contributed by atoms with E-state index in [1.807, 2.05) is 0 Å². The van der Waals surface area contributed by atoms with Crippen molar-refractivity contribution in [3.8, 4) is 0 Å². The van der Waals surface area contributed by atoms with Crippen molar-refractivity contribution < 1.29 is 27.0 Å². The van der Waals surface area contributed by atoms with E-state index < -0.39 is 39.2 Å². The highest BCUT2D eigenvalue weighted by atomic mass is 32.2. The van der Waals surface area contributed by atoms with Gasteiger partial charge in [0.2, 0.25) is 0 Å². The van der Waals surface area contributed by atoms with E-state index in [4.69, 9.17) is 9.02 Å². The van der Waals surface area contributed by atoms with Crippen molar-refractivity contribution in [1.29, 1.82) is 0 Å². The van der Waals surface area contributed by atoms with Crippen molar-refractivity contribution in [2.75, 3.05) is 32.4 Å². The Labute approximate surface area is 211 Å². The van der Waals surface area contributed by atoms with E-state index in [2.05, 4.69) is 15.3 Å². The Morgan fingerprint density at radius 2 is 1.53 bits per heavy atom. The molecule has 0 bridgehead atoms. The standard InChI is InChI=1S/C24H33N5O6S/c1-23(2,3)34-22(31)29(35-36(5,32)33)24(4,21(30)28-16-14-25-15-17-28)20(18-10-6-8-12-26-18)19-11-7-9-13-27-19/h6-13,20,25H,14-17H2,1-5H3/t24-/m0/s1. The molecule has 1 saturated heterocycles. The Hall–Kier alpha value is -3.09. The molecule has 2 aromatic heterocycles. The fourth-order valence-corrected chi connectivity index (χ4v) is 4.56. The minimum absolute atomic E-state index is 0.354. The first kappa shape index (κ1) is 27.5. The maximum absolute atomic E-state index is 14.3. The van der Waals surface area contributed by atoms with Gasteiger partial charge in [-0.05, 0) is 52.0 Å². The average Bonchev–Trinajstić information content (AvgIpc) is 2.82. The van der Waals surface area contributed by atoms with E-state index in [0.717, 1.165) is 6.26 Å². The van der Waals surface area contributed by atoms with Crippen LogP contribution in [0.1, 0.15) is 45.0 Å². The van der Waals surface area contributed by atoms with Crippen molar-refractivity contribution >= 4 is 22.1 Å². The van der Waals surface area contributed by atoms with E-state index in [1.165, 1.54) is 6.92 Å². The molecular formula is C24H33N5O6S. The number of ether oxygens (including phenoxy) is 1. The molecule has 0 radical (unpaired) electrons. The molecule has 12 heteroatoms. The Morgan fingerprint density at radius 1 is 1.00 bits per heavy atom. The highest BCUT2D eigenvalue weighted by molar-refractivity contribution is 7.85. The van der Waals surface area contributed by atoms with E-state index in [-0.39, 0.29) is 0 Å². The quantitative estimate of drug-likeness (QED) is 0.545. The zero-order chi connectivity index (χ0) is 26.6. The summed E-state index contributed by atoms with van der Waals surface area (Å²) in [6.45, 7) is 8.15. The summed E-state index contributed by atoms with van der Waals surface area (Å²) < 4.78 is 35.6. The second kappa shape index (κ2) is 10.9. The molecule has 1 aliphatic heterocycles. The predicted octanol–water partition coefficient (Wildman–Crippen LogP) is 1.93. The number of hydrogen-bond donors (Lipinski definition) is 1. The minimum Gasteiger partial charge on any atom is -0.442 e. The number of nitrogens with one attached hydrogen (secondary N) is 1. The maximum Gasteiger partial charge on any atom is 0.436 e. The van der Waals surface area contributed by atoms with Crippen molar-refractivity contribution in [3.63, 3.8) is 0 Å². The topological polar surface area (TPSA) is 131 Å². The summed E-state index contributed by atoms with van der Waals surface area (Å²) in [4.78, 5) is 38.3. The molecule has 1 aliphatic rings. The minimum atomic E-state index is -4.27. The average molecular weight is 520 g/mol. The number of amides is 2. The molecule has 11 nitrogen and oxygen atoms in total. The summed E-state index contributed by atoms with van der Waals surface area (Å²) in [7, 11) is -4.27. The summed E-state index contributed by atoms with van der Waals surface area (Å²) in [5.74, 6) is -1.53. The highest BCUT2D eigenvalue weighted by Gasteiger charge is 2.56. The van der Waals surface area contributed by atoms with Gasteiger partial charge >= 0.3 is 6.09 Å². The number of rotatable bonds is 7. The second-order valence-electron chi connectivity index (χ2n) is 9.69. The van der Waals surface area contributed by atoms with Crippen molar-refractivity contribution in [1.82, 2.24) is 25.2 Å². The molecule has 196 valence electrons. The normalized spacial score (nSPS) is 16.3. The number of piperazine rings is 1. The molecule has 2 amide bonds. The monoisotopic (exact) mass is 519 g/mol. The van der Waals surface area contributed by atoms with Crippen LogP contribution in [0.4, 0.5) is 4.79 Å². The molecule has 3 rings (SSSR count). The molecular weight excluding hydrogens is 486 g/mol. The van der Waals surface area contributed by atoms with Gasteiger partial charge in [0.05, 0.1) is 23.6 Å². The third-order valence-electron chi connectivity index (χ3n) is 5.56. The van der Waals surface area contributed by atoms with Gasteiger partial charge in [-0.2, -0.15) is 13.5 Å². The second-order valence-corrected chi connectivity index (χ2v) is 11.2. The third-order valence-corrected chi connectivity index (χ3v) is 5.98. The summed E-state index contributed by atoms with van der Waals surface area (Å²) in [5.41, 5.74) is -2.16. The SMILES string of the molecule is CC(C)(C)OC(=O)N(OS(C)(=O)=O)[C@](C)(C(=O)N1CCNCC1)C(c1ccccn1)c1ccccn1. The Morgan fingerprint density at radius 3 is 1.94 bits per heavy atom. The van der Waals surface area contributed by atoms with Crippen LogP contribution in [-0.2, 0) is 23.9 Å². The molecule has 0 aromatic carbocycles. The smallest absolute Gasteiger partial charge is 0.436 e. The lowest BCUT2D eigenvalue weighted by molar-refractivity contribution is -0.170. The zero-order valence-corrected chi connectivity index (χ0v) is 22.0. The highest BCUT2D eigenvalue weighted by Crippen LogP contribution is 2.40. The van der Waals surface area contributed by atoms with Crippen LogP contribution in [0.2, 0.25) is 0 Å². The van der Waals surface area contributed by atoms with Crippen LogP contribution in [0.3, 0.4) is 0 Å². The molecule has 3 heterocycles. The molecule has 0 spiro atoms. The first-order chi connectivity index (χ1) is 16.8. The van der Waals surface area contributed by atoms with E-state index in [1.54, 1.807) is 74.5 Å². The van der Waals surface area contributed by atoms with Gasteiger partial charge in [-0.1, -0.05) is 12.1 Å². The summed E-state index contributed by atoms with van der Waals surface area (Å²) >= 11 is 0. The zero-order valence-electron chi connectivity index (χ0n) is 21.2. The van der Waals surface area contributed by atoms with Crippen LogP contribution >= 0.6 is 0 Å². The molecule has 36 heavy (non-hydrogen) atoms. The lowest BCUT2D eigenvalue weighted by Crippen LogP contribution is -2.65. The van der Waals surface area contributed by atoms with Gasteiger partial charge in [-0.3, -0.25) is 14.8 Å². The van der Waals surface area contributed by atoms with E-state index in [9.17, 15) is 18.0 Å². The van der Waals surface area contributed by atoms with Crippen LogP contribution in [0.25, 0.3) is 0 Å². The van der Waals surface area contributed by atoms with Gasteiger partial charge in [0.15, 0.2) is 5.54 Å². The van der Waals surface area contributed by atoms with E-state index >= 15 is 0 Å². The van der Waals surface area contributed by atoms with E-state index in [0.29, 0.717) is 42.6 Å². The van der Waals surface area contributed by atoms with Gasteiger partial charge in [-0.25, -0.2) is 4.79 Å². The molecule has 0 unspecified atom stereocenters. The molecule has 1 atom stereocenters. The fraction of sp³-hybridized carbons (Fsp3) is 0.500. The third kappa shape index (κ3) is 6.56. The molecule has 1 N–H and O–H groups in total. The number of pyridine rings is 2. The fourth-order valence-electron chi connectivity index (χ4n) is 4.07. The molecule has 0 aliphatic carbocycles. The van der Waals surface area contributed by atoms with Crippen LogP contribution in [0.5, 0.6) is 0 Å². The van der Waals surface area contributed by atoms with Gasteiger partial charge in [0, 0.05) is 38.6 Å². The van der Waals surface area contributed by atoms with Crippen LogP contribution < -0.4 is 5.32 Å². The summed E-state index contributed by atoms with van der Waals surface area (Å²) in [6.07, 6.45) is 2.78. The van der Waals surface area contributed by atoms with Crippen molar-refractivity contribution in [3.05, 3.63) is 60.2 Å². The number of aromatic nitrogens is 2. The number of nitrogens with zero attached hydrogens (tertiary/aromatic N) is 4. The van der Waals surface area contributed by atoms with Crippen LogP contribution in [0, 0.1) is 0 Å². The number of hydrogen-bond acceptors (Lipinski definition) is 9. The Kier molecular flexibility index (Phi) is 8.32. The lowest BCUT2D eigenvalue weighted by Gasteiger charge is -2.45. The number of carbonyl (C=O) groups is 2. The summed E-state index contributed by atoms with van der Waals surface area (Å²) in [6, 6.07) is 10.3. The van der Waals surface area contributed by atoms with Gasteiger partial charge in [0.1, 0.15) is 5.60 Å². The van der Waals surface area contributed by atoms with Crippen LogP contribution in [0.15, 0.2) is 48.8 Å². The maximum atomic E-state index is 14.3. The van der Waals surface area contributed by atoms with Crippen molar-refractivity contribution in [2.45, 2.75) is 44.8 Å². The predicted molar refractivity (Wildman–Crippen MR) is 132 cm³/mol. The number of carbonyl (C=O) groups excluding carboxylic acids is 2. The first-order valence-corrected chi connectivity index (χ1v) is 13.4. The molecule has 2 aromatic rings. The Balaban J connectivity index is 2.30. The number of hydroxylamine groups is 2.